The lowest BCUT2D eigenvalue weighted by Gasteiger charge is -2.22. The average molecular weight is 442 g/mol. The first kappa shape index (κ1) is 20.6. The van der Waals surface area contributed by atoms with E-state index in [0.717, 1.165) is 24.9 Å². The Kier molecular flexibility index (Phi) is 10.2. The third-order valence-electron chi connectivity index (χ3n) is 3.76. The lowest BCUT2D eigenvalue weighted by Crippen LogP contribution is -2.37. The van der Waals surface area contributed by atoms with Crippen LogP contribution in [0, 0.1) is 12.3 Å². The van der Waals surface area contributed by atoms with Crippen molar-refractivity contribution in [2.24, 2.45) is 4.99 Å². The molecule has 0 radical (unpaired) electrons. The minimum Gasteiger partial charge on any atom is -0.474 e. The highest BCUT2D eigenvalue weighted by atomic mass is 127. The third-order valence-corrected chi connectivity index (χ3v) is 3.76. The van der Waals surface area contributed by atoms with Crippen LogP contribution < -0.4 is 15.4 Å². The summed E-state index contributed by atoms with van der Waals surface area (Å²) in [6, 6.07) is 3.95. The Balaban J connectivity index is 0.00000288. The number of halogens is 1. The SMILES string of the molecule is C#CCNC(=NCc1ccc(OC2CCCCC2)nc1)NCC.I. The molecule has 0 aromatic carbocycles. The number of guanidine groups is 1. The molecule has 0 spiro atoms. The number of nitrogens with zero attached hydrogens (tertiary/aromatic N) is 2. The molecule has 1 aromatic heterocycles. The standard InChI is InChI=1S/C18H26N4O.HI/c1-3-12-20-18(19-4-2)22-14-15-10-11-17(21-13-15)23-16-8-6-5-7-9-16;/h1,10-11,13,16H,4-9,12,14H2,2H3,(H2,19,20,22);1H. The molecule has 0 amide bonds. The second-order valence-corrected chi connectivity index (χ2v) is 5.64. The summed E-state index contributed by atoms with van der Waals surface area (Å²) >= 11 is 0. The molecule has 0 atom stereocenters. The topological polar surface area (TPSA) is 58.5 Å². The molecule has 2 N–H and O–H groups in total. The number of aliphatic imine (C=N–C) groups is 1. The predicted octanol–water partition coefficient (Wildman–Crippen LogP) is 3.10. The van der Waals surface area contributed by atoms with Gasteiger partial charge in [-0.1, -0.05) is 18.4 Å². The number of terminal acetylenes is 1. The van der Waals surface area contributed by atoms with Crippen LogP contribution in [0.1, 0.15) is 44.6 Å². The molecule has 0 aliphatic heterocycles. The monoisotopic (exact) mass is 442 g/mol. The molecule has 2 rings (SSSR count). The molecule has 0 unspecified atom stereocenters. The number of hydrogen-bond acceptors (Lipinski definition) is 3. The fourth-order valence-corrected chi connectivity index (χ4v) is 2.57. The number of nitrogens with one attached hydrogen (secondary N) is 2. The van der Waals surface area contributed by atoms with Crippen LogP contribution >= 0.6 is 24.0 Å². The van der Waals surface area contributed by atoms with Crippen molar-refractivity contribution in [3.63, 3.8) is 0 Å². The Labute approximate surface area is 162 Å². The molecule has 1 fully saturated rings. The molecule has 132 valence electrons. The van der Waals surface area contributed by atoms with Gasteiger partial charge in [0.1, 0.15) is 6.10 Å². The smallest absolute Gasteiger partial charge is 0.213 e. The number of ether oxygens (including phenoxy) is 1. The highest BCUT2D eigenvalue weighted by Gasteiger charge is 2.15. The molecule has 1 saturated carbocycles. The summed E-state index contributed by atoms with van der Waals surface area (Å²) in [6.45, 7) is 3.82. The second-order valence-electron chi connectivity index (χ2n) is 5.64. The van der Waals surface area contributed by atoms with Crippen LogP contribution in [0.15, 0.2) is 23.3 Å². The zero-order valence-corrected chi connectivity index (χ0v) is 16.6. The van der Waals surface area contributed by atoms with Gasteiger partial charge in [0.2, 0.25) is 5.88 Å². The summed E-state index contributed by atoms with van der Waals surface area (Å²) < 4.78 is 5.93. The first-order valence-corrected chi connectivity index (χ1v) is 8.39. The summed E-state index contributed by atoms with van der Waals surface area (Å²) in [5.41, 5.74) is 1.04. The average Bonchev–Trinajstić information content (AvgIpc) is 2.59. The molecule has 1 aliphatic rings. The van der Waals surface area contributed by atoms with Crippen LogP contribution in [-0.2, 0) is 6.54 Å². The minimum atomic E-state index is 0. The van der Waals surface area contributed by atoms with Crippen LogP contribution in [0.5, 0.6) is 5.88 Å². The number of aromatic nitrogens is 1. The van der Waals surface area contributed by atoms with E-state index in [1.807, 2.05) is 25.3 Å². The third kappa shape index (κ3) is 7.39. The zero-order valence-electron chi connectivity index (χ0n) is 14.3. The van der Waals surface area contributed by atoms with Crippen molar-refractivity contribution in [3.8, 4) is 18.2 Å². The highest BCUT2D eigenvalue weighted by Crippen LogP contribution is 2.22. The van der Waals surface area contributed by atoms with Gasteiger partial charge >= 0.3 is 0 Å². The highest BCUT2D eigenvalue weighted by molar-refractivity contribution is 14.0. The number of rotatable bonds is 6. The predicted molar refractivity (Wildman–Crippen MR) is 109 cm³/mol. The maximum atomic E-state index is 5.93. The fraction of sp³-hybridized carbons (Fsp3) is 0.556. The van der Waals surface area contributed by atoms with Gasteiger partial charge in [-0.25, -0.2) is 9.98 Å². The molecule has 1 aliphatic carbocycles. The van der Waals surface area contributed by atoms with Crippen molar-refractivity contribution >= 4 is 29.9 Å². The molecule has 0 saturated heterocycles. The van der Waals surface area contributed by atoms with Crippen LogP contribution in [0.25, 0.3) is 0 Å². The largest absolute Gasteiger partial charge is 0.474 e. The Morgan fingerprint density at radius 2 is 2.12 bits per heavy atom. The van der Waals surface area contributed by atoms with Crippen molar-refractivity contribution in [2.75, 3.05) is 13.1 Å². The van der Waals surface area contributed by atoms with Gasteiger partial charge in [0.25, 0.3) is 0 Å². The van der Waals surface area contributed by atoms with Crippen molar-refractivity contribution in [3.05, 3.63) is 23.9 Å². The van der Waals surface area contributed by atoms with E-state index >= 15 is 0 Å². The van der Waals surface area contributed by atoms with Crippen molar-refractivity contribution < 1.29 is 4.74 Å². The lowest BCUT2D eigenvalue weighted by atomic mass is 9.98. The van der Waals surface area contributed by atoms with Crippen LogP contribution in [0.4, 0.5) is 0 Å². The Morgan fingerprint density at radius 3 is 2.75 bits per heavy atom. The first-order chi connectivity index (χ1) is 11.3. The second kappa shape index (κ2) is 12.0. The molecular weight excluding hydrogens is 415 g/mol. The van der Waals surface area contributed by atoms with Crippen LogP contribution in [-0.4, -0.2) is 30.1 Å². The van der Waals surface area contributed by atoms with E-state index in [0.29, 0.717) is 31.0 Å². The Hall–Kier alpha value is -1.49. The lowest BCUT2D eigenvalue weighted by molar-refractivity contribution is 0.148. The summed E-state index contributed by atoms with van der Waals surface area (Å²) in [5.74, 6) is 3.97. The van der Waals surface area contributed by atoms with E-state index < -0.39 is 0 Å². The summed E-state index contributed by atoms with van der Waals surface area (Å²) in [4.78, 5) is 8.88. The van der Waals surface area contributed by atoms with Gasteiger partial charge in [-0.15, -0.1) is 30.4 Å². The summed E-state index contributed by atoms with van der Waals surface area (Å²) in [7, 11) is 0. The minimum absolute atomic E-state index is 0. The van der Waals surface area contributed by atoms with Gasteiger partial charge in [0.05, 0.1) is 13.1 Å². The molecule has 1 aromatic rings. The maximum Gasteiger partial charge on any atom is 0.213 e. The van der Waals surface area contributed by atoms with E-state index in [4.69, 9.17) is 11.2 Å². The molecule has 24 heavy (non-hydrogen) atoms. The number of hydrogen-bond donors (Lipinski definition) is 2. The molecule has 1 heterocycles. The van der Waals surface area contributed by atoms with Crippen molar-refractivity contribution in [1.29, 1.82) is 0 Å². The van der Waals surface area contributed by atoms with Crippen LogP contribution in [0.2, 0.25) is 0 Å². The van der Waals surface area contributed by atoms with Gasteiger partial charge in [0, 0.05) is 18.8 Å². The van der Waals surface area contributed by atoms with Gasteiger partial charge in [-0.2, -0.15) is 0 Å². The van der Waals surface area contributed by atoms with E-state index in [-0.39, 0.29) is 24.0 Å². The van der Waals surface area contributed by atoms with Gasteiger partial charge < -0.3 is 15.4 Å². The summed E-state index contributed by atoms with van der Waals surface area (Å²) in [5, 5.41) is 6.22. The molecular formula is C18H27IN4O. The van der Waals surface area contributed by atoms with E-state index in [1.54, 1.807) is 0 Å². The van der Waals surface area contributed by atoms with Gasteiger partial charge in [-0.3, -0.25) is 0 Å². The van der Waals surface area contributed by atoms with Crippen molar-refractivity contribution in [2.45, 2.75) is 51.7 Å². The fourth-order valence-electron chi connectivity index (χ4n) is 2.57. The summed E-state index contributed by atoms with van der Waals surface area (Å²) in [6.07, 6.45) is 13.5. The van der Waals surface area contributed by atoms with E-state index in [2.05, 4.69) is 26.5 Å². The Bertz CT molecular complexity index is 533. The molecule has 6 heteroatoms. The maximum absolute atomic E-state index is 5.93. The Morgan fingerprint density at radius 1 is 1.33 bits per heavy atom. The van der Waals surface area contributed by atoms with Gasteiger partial charge in [-0.05, 0) is 38.2 Å². The first-order valence-electron chi connectivity index (χ1n) is 8.39. The number of pyridine rings is 1. The van der Waals surface area contributed by atoms with Crippen molar-refractivity contribution in [1.82, 2.24) is 15.6 Å². The zero-order chi connectivity index (χ0) is 16.3. The quantitative estimate of drug-likeness (QED) is 0.308. The molecule has 0 bridgehead atoms. The normalized spacial score (nSPS) is 15.1. The van der Waals surface area contributed by atoms with E-state index in [1.165, 1.54) is 19.3 Å². The molecule has 5 nitrogen and oxygen atoms in total. The van der Waals surface area contributed by atoms with E-state index in [9.17, 15) is 0 Å². The van der Waals surface area contributed by atoms with Gasteiger partial charge in [0.15, 0.2) is 5.96 Å². The van der Waals surface area contributed by atoms with Crippen LogP contribution in [0.3, 0.4) is 0 Å².